The standard InChI is InChI=1S/C16H18N2O4S3/c1-2-11-24(19,20)17-14-7-8-15-13(12-14)5-3-9-18(15)25(21,22)16-6-4-10-23-16/h2,4,6-8,10,12,17H,1,3,5,9,11H2. The smallest absolute Gasteiger partial charge is 0.273 e. The molecule has 2 aromatic rings. The van der Waals surface area contributed by atoms with E-state index in [1.165, 1.54) is 21.7 Å². The fourth-order valence-electron chi connectivity index (χ4n) is 2.77. The maximum Gasteiger partial charge on any atom is 0.273 e. The molecule has 0 fully saturated rings. The Morgan fingerprint density at radius 3 is 2.72 bits per heavy atom. The molecule has 25 heavy (non-hydrogen) atoms. The van der Waals surface area contributed by atoms with Crippen LogP contribution >= 0.6 is 11.3 Å². The average molecular weight is 399 g/mol. The largest absolute Gasteiger partial charge is 0.283 e. The van der Waals surface area contributed by atoms with Crippen molar-refractivity contribution in [2.24, 2.45) is 0 Å². The third-order valence-corrected chi connectivity index (χ3v) is 8.21. The van der Waals surface area contributed by atoms with Gasteiger partial charge in [-0.05, 0) is 48.1 Å². The van der Waals surface area contributed by atoms with Gasteiger partial charge in [-0.15, -0.1) is 17.9 Å². The van der Waals surface area contributed by atoms with Crippen molar-refractivity contribution in [3.8, 4) is 0 Å². The number of rotatable bonds is 6. The molecule has 6 nitrogen and oxygen atoms in total. The fraction of sp³-hybridized carbons (Fsp3) is 0.250. The number of benzene rings is 1. The monoisotopic (exact) mass is 398 g/mol. The van der Waals surface area contributed by atoms with E-state index in [0.29, 0.717) is 35.0 Å². The molecule has 1 N–H and O–H groups in total. The number of thiophene rings is 1. The van der Waals surface area contributed by atoms with E-state index in [2.05, 4.69) is 11.3 Å². The van der Waals surface area contributed by atoms with E-state index in [4.69, 9.17) is 0 Å². The summed E-state index contributed by atoms with van der Waals surface area (Å²) in [7, 11) is -7.08. The van der Waals surface area contributed by atoms with Crippen molar-refractivity contribution in [3.05, 3.63) is 53.9 Å². The minimum atomic E-state index is -3.59. The second-order valence-electron chi connectivity index (χ2n) is 5.63. The van der Waals surface area contributed by atoms with Gasteiger partial charge in [0.15, 0.2) is 0 Å². The Kier molecular flexibility index (Phi) is 4.90. The number of nitrogens with zero attached hydrogens (tertiary/aromatic N) is 1. The summed E-state index contributed by atoms with van der Waals surface area (Å²) in [4.78, 5) is 0. The molecular formula is C16H18N2O4S3. The van der Waals surface area contributed by atoms with Crippen LogP contribution in [0.25, 0.3) is 0 Å². The first-order chi connectivity index (χ1) is 11.8. The molecule has 1 aromatic heterocycles. The lowest BCUT2D eigenvalue weighted by atomic mass is 10.0. The molecule has 3 rings (SSSR count). The number of anilines is 2. The zero-order chi connectivity index (χ0) is 18.1. The number of nitrogens with one attached hydrogen (secondary N) is 1. The summed E-state index contributed by atoms with van der Waals surface area (Å²) in [6, 6.07) is 8.24. The normalized spacial score (nSPS) is 14.8. The van der Waals surface area contributed by atoms with Crippen LogP contribution < -0.4 is 9.03 Å². The van der Waals surface area contributed by atoms with E-state index in [1.54, 1.807) is 35.7 Å². The van der Waals surface area contributed by atoms with Gasteiger partial charge >= 0.3 is 0 Å². The van der Waals surface area contributed by atoms with Crippen LogP contribution in [0.1, 0.15) is 12.0 Å². The van der Waals surface area contributed by atoms with Crippen LogP contribution in [0.15, 0.2) is 52.6 Å². The van der Waals surface area contributed by atoms with Crippen LogP contribution in [0, 0.1) is 0 Å². The Balaban J connectivity index is 1.95. The lowest BCUT2D eigenvalue weighted by Crippen LogP contribution is -2.35. The van der Waals surface area contributed by atoms with Crippen LogP contribution in [-0.2, 0) is 26.5 Å². The Hall–Kier alpha value is -1.84. The van der Waals surface area contributed by atoms with Crippen molar-refractivity contribution in [1.29, 1.82) is 0 Å². The van der Waals surface area contributed by atoms with Gasteiger partial charge in [0.05, 0.1) is 11.4 Å². The van der Waals surface area contributed by atoms with Crippen molar-refractivity contribution in [2.45, 2.75) is 17.1 Å². The molecule has 134 valence electrons. The molecule has 0 atom stereocenters. The van der Waals surface area contributed by atoms with Crippen LogP contribution in [0.2, 0.25) is 0 Å². The second kappa shape index (κ2) is 6.81. The molecule has 2 heterocycles. The highest BCUT2D eigenvalue weighted by molar-refractivity contribution is 7.94. The number of aryl methyl sites for hydroxylation is 1. The molecule has 0 spiro atoms. The number of hydrogen-bond acceptors (Lipinski definition) is 5. The first-order valence-corrected chi connectivity index (χ1v) is 11.6. The quantitative estimate of drug-likeness (QED) is 0.759. The number of sulfonamides is 2. The first kappa shape index (κ1) is 18.0. The van der Waals surface area contributed by atoms with Crippen molar-refractivity contribution < 1.29 is 16.8 Å². The van der Waals surface area contributed by atoms with Gasteiger partial charge in [-0.2, -0.15) is 0 Å². The van der Waals surface area contributed by atoms with Gasteiger partial charge in [-0.3, -0.25) is 9.03 Å². The third-order valence-electron chi connectivity index (χ3n) is 3.81. The highest BCUT2D eigenvalue weighted by Crippen LogP contribution is 2.34. The highest BCUT2D eigenvalue weighted by Gasteiger charge is 2.30. The summed E-state index contributed by atoms with van der Waals surface area (Å²) in [5.41, 5.74) is 1.84. The summed E-state index contributed by atoms with van der Waals surface area (Å²) in [5.74, 6) is -0.178. The summed E-state index contributed by atoms with van der Waals surface area (Å²) in [5, 5.41) is 1.73. The molecule has 0 bridgehead atoms. The zero-order valence-corrected chi connectivity index (χ0v) is 15.8. The molecular weight excluding hydrogens is 380 g/mol. The lowest BCUT2D eigenvalue weighted by Gasteiger charge is -2.30. The van der Waals surface area contributed by atoms with Crippen molar-refractivity contribution in [2.75, 3.05) is 21.3 Å². The summed E-state index contributed by atoms with van der Waals surface area (Å²) in [6.07, 6.45) is 2.69. The third kappa shape index (κ3) is 3.73. The van der Waals surface area contributed by atoms with Crippen molar-refractivity contribution >= 4 is 42.8 Å². The Morgan fingerprint density at radius 1 is 1.24 bits per heavy atom. The summed E-state index contributed by atoms with van der Waals surface area (Å²) < 4.78 is 53.6. The number of fused-ring (bicyclic) bond motifs is 1. The van der Waals surface area contributed by atoms with E-state index in [0.717, 1.165) is 5.56 Å². The van der Waals surface area contributed by atoms with Gasteiger partial charge < -0.3 is 0 Å². The molecule has 1 aromatic carbocycles. The number of hydrogen-bond donors (Lipinski definition) is 1. The molecule has 1 aliphatic rings. The minimum Gasteiger partial charge on any atom is -0.283 e. The zero-order valence-electron chi connectivity index (χ0n) is 13.4. The molecule has 0 amide bonds. The van der Waals surface area contributed by atoms with Gasteiger partial charge in [0.2, 0.25) is 10.0 Å². The van der Waals surface area contributed by atoms with Crippen LogP contribution in [0.4, 0.5) is 11.4 Å². The molecule has 1 aliphatic heterocycles. The predicted molar refractivity (Wildman–Crippen MR) is 101 cm³/mol. The van der Waals surface area contributed by atoms with E-state index in [-0.39, 0.29) is 5.75 Å². The Morgan fingerprint density at radius 2 is 2.04 bits per heavy atom. The SMILES string of the molecule is C=CCS(=O)(=O)Nc1ccc2c(c1)CCCN2S(=O)(=O)c1cccs1. The van der Waals surface area contributed by atoms with Crippen LogP contribution in [-0.4, -0.2) is 29.1 Å². The Bertz CT molecular complexity index is 980. The molecule has 0 aliphatic carbocycles. The maximum absolute atomic E-state index is 12.8. The molecule has 9 heteroatoms. The predicted octanol–water partition coefficient (Wildman–Crippen LogP) is 2.82. The van der Waals surface area contributed by atoms with Gasteiger partial charge in [0.1, 0.15) is 4.21 Å². The van der Waals surface area contributed by atoms with Crippen molar-refractivity contribution in [1.82, 2.24) is 0 Å². The first-order valence-electron chi connectivity index (χ1n) is 7.64. The maximum atomic E-state index is 12.8. The lowest BCUT2D eigenvalue weighted by molar-refractivity contribution is 0.588. The van der Waals surface area contributed by atoms with Gasteiger partial charge in [0, 0.05) is 12.2 Å². The van der Waals surface area contributed by atoms with Gasteiger partial charge in [0.25, 0.3) is 10.0 Å². The topological polar surface area (TPSA) is 83.6 Å². The van der Waals surface area contributed by atoms with Crippen LogP contribution in [0.3, 0.4) is 0 Å². The minimum absolute atomic E-state index is 0.178. The van der Waals surface area contributed by atoms with Gasteiger partial charge in [-0.1, -0.05) is 12.1 Å². The van der Waals surface area contributed by atoms with Gasteiger partial charge in [-0.25, -0.2) is 16.8 Å². The molecule has 0 saturated heterocycles. The average Bonchev–Trinajstić information content (AvgIpc) is 3.08. The van der Waals surface area contributed by atoms with E-state index in [1.807, 2.05) is 0 Å². The summed E-state index contributed by atoms with van der Waals surface area (Å²) >= 11 is 1.18. The second-order valence-corrected chi connectivity index (χ2v) is 10.4. The molecule has 0 radical (unpaired) electrons. The van der Waals surface area contributed by atoms with E-state index >= 15 is 0 Å². The van der Waals surface area contributed by atoms with E-state index in [9.17, 15) is 16.8 Å². The Labute approximate surface area is 151 Å². The van der Waals surface area contributed by atoms with Crippen molar-refractivity contribution in [3.63, 3.8) is 0 Å². The van der Waals surface area contributed by atoms with E-state index < -0.39 is 20.0 Å². The van der Waals surface area contributed by atoms with Crippen LogP contribution in [0.5, 0.6) is 0 Å². The highest BCUT2D eigenvalue weighted by atomic mass is 32.2. The summed E-state index contributed by atoms with van der Waals surface area (Å²) in [6.45, 7) is 3.84. The fourth-order valence-corrected chi connectivity index (χ4v) is 6.30. The molecule has 0 unspecified atom stereocenters. The molecule has 0 saturated carbocycles.